The van der Waals surface area contributed by atoms with E-state index < -0.39 is 10.0 Å². The number of fused-ring (bicyclic) bond motifs is 1. The number of carbonyl (C=O) groups is 1. The van der Waals surface area contributed by atoms with E-state index in [9.17, 15) is 13.2 Å². The number of hydrogen-bond donors (Lipinski definition) is 0. The van der Waals surface area contributed by atoms with Crippen LogP contribution in [0.15, 0.2) is 71.6 Å². The second kappa shape index (κ2) is 11.8. The molecule has 0 aliphatic carbocycles. The first-order chi connectivity index (χ1) is 19.8. The Morgan fingerprint density at radius 3 is 1.98 bits per heavy atom. The van der Waals surface area contributed by atoms with Crippen molar-refractivity contribution in [2.75, 3.05) is 59.2 Å². The molecule has 2 fully saturated rings. The van der Waals surface area contributed by atoms with E-state index >= 15 is 0 Å². The normalized spacial score (nSPS) is 18.5. The first-order valence-electron chi connectivity index (χ1n) is 14.1. The molecular weight excluding hydrogens is 540 g/mol. The third-order valence-electron chi connectivity index (χ3n) is 8.10. The van der Waals surface area contributed by atoms with Gasteiger partial charge in [0.25, 0.3) is 5.91 Å². The Hall–Kier alpha value is -3.44. The molecule has 41 heavy (non-hydrogen) atoms. The summed E-state index contributed by atoms with van der Waals surface area (Å²) in [7, 11) is -3.47. The number of rotatable bonds is 7. The van der Waals surface area contributed by atoms with Gasteiger partial charge in [-0.25, -0.2) is 8.42 Å². The van der Waals surface area contributed by atoms with Crippen LogP contribution in [0.25, 0.3) is 0 Å². The summed E-state index contributed by atoms with van der Waals surface area (Å²) in [5.74, 6) is 1.66. The van der Waals surface area contributed by atoms with Crippen molar-refractivity contribution in [3.05, 3.63) is 89.0 Å². The number of amides is 1. The zero-order valence-electron chi connectivity index (χ0n) is 23.4. The Labute approximate surface area is 241 Å². The molecule has 0 saturated carbocycles. The van der Waals surface area contributed by atoms with E-state index in [-0.39, 0.29) is 12.7 Å². The van der Waals surface area contributed by atoms with Gasteiger partial charge < -0.3 is 14.4 Å². The molecule has 3 aromatic carbocycles. The summed E-state index contributed by atoms with van der Waals surface area (Å²) >= 11 is 0. The molecule has 10 heteroatoms. The van der Waals surface area contributed by atoms with E-state index in [4.69, 9.17) is 9.47 Å². The van der Waals surface area contributed by atoms with Gasteiger partial charge in [-0.1, -0.05) is 35.9 Å². The fourth-order valence-electron chi connectivity index (χ4n) is 5.59. The molecule has 9 nitrogen and oxygen atoms in total. The van der Waals surface area contributed by atoms with Crippen LogP contribution >= 0.6 is 0 Å². The van der Waals surface area contributed by atoms with E-state index in [0.29, 0.717) is 49.7 Å². The number of sulfonamides is 1. The first-order valence-corrected chi connectivity index (χ1v) is 15.6. The van der Waals surface area contributed by atoms with Crippen LogP contribution in [0.5, 0.6) is 11.5 Å². The molecule has 0 N–H and O–H groups in total. The number of carbonyl (C=O) groups excluding carboxylic acids is 1. The van der Waals surface area contributed by atoms with Crippen molar-refractivity contribution >= 4 is 15.9 Å². The predicted octanol–water partition coefficient (Wildman–Crippen LogP) is 3.19. The van der Waals surface area contributed by atoms with E-state index in [2.05, 4.69) is 15.9 Å². The Morgan fingerprint density at radius 2 is 1.29 bits per heavy atom. The van der Waals surface area contributed by atoms with Crippen LogP contribution in [0.1, 0.15) is 27.0 Å². The SMILES string of the molecule is Cc1ccc(S(=O)(=O)N2CCN(Cc3ccc(C(=O)N4CCN(Cc5ccc6c(c5)OCO6)CC4)cc3)CC2)cc1. The molecule has 2 saturated heterocycles. The highest BCUT2D eigenvalue weighted by Gasteiger charge is 2.28. The summed E-state index contributed by atoms with van der Waals surface area (Å²) < 4.78 is 38.4. The molecule has 0 unspecified atom stereocenters. The highest BCUT2D eigenvalue weighted by molar-refractivity contribution is 7.89. The Bertz CT molecular complexity index is 1480. The molecule has 1 amide bonds. The van der Waals surface area contributed by atoms with Gasteiger partial charge in [0.15, 0.2) is 11.5 Å². The van der Waals surface area contributed by atoms with Crippen LogP contribution in [0.2, 0.25) is 0 Å². The fraction of sp³-hybridized carbons (Fsp3) is 0.387. The Kier molecular flexibility index (Phi) is 7.99. The minimum absolute atomic E-state index is 0.0641. The van der Waals surface area contributed by atoms with E-state index in [1.807, 2.05) is 60.4 Å². The summed E-state index contributed by atoms with van der Waals surface area (Å²) in [5.41, 5.74) is 4.04. The number of benzene rings is 3. The Morgan fingerprint density at radius 1 is 0.707 bits per heavy atom. The van der Waals surface area contributed by atoms with Gasteiger partial charge in [-0.15, -0.1) is 0 Å². The summed E-state index contributed by atoms with van der Waals surface area (Å²) in [6.45, 7) is 9.08. The third-order valence-corrected chi connectivity index (χ3v) is 10.0. The number of ether oxygens (including phenoxy) is 2. The molecule has 3 aliphatic rings. The standard InChI is InChI=1S/C31H36N4O5S/c1-24-2-9-28(10-3-24)41(37,38)35-18-14-33(15-19-35)21-25-4-7-27(8-5-25)31(36)34-16-12-32(13-17-34)22-26-6-11-29-30(20-26)40-23-39-29/h2-11,20H,12-19,21-23H2,1H3. The Balaban J connectivity index is 0.966. The third kappa shape index (κ3) is 6.25. The molecule has 6 rings (SSSR count). The van der Waals surface area contributed by atoms with Crippen molar-refractivity contribution in [3.63, 3.8) is 0 Å². The van der Waals surface area contributed by atoms with Gasteiger partial charge in [0.2, 0.25) is 16.8 Å². The van der Waals surface area contributed by atoms with Crippen LogP contribution < -0.4 is 9.47 Å². The summed E-state index contributed by atoms with van der Waals surface area (Å²) in [4.78, 5) is 20.1. The number of hydrogen-bond acceptors (Lipinski definition) is 7. The van der Waals surface area contributed by atoms with Crippen molar-refractivity contribution in [1.29, 1.82) is 0 Å². The summed E-state index contributed by atoms with van der Waals surface area (Å²) in [6, 6.07) is 20.9. The molecule has 0 atom stereocenters. The smallest absolute Gasteiger partial charge is 0.253 e. The zero-order valence-corrected chi connectivity index (χ0v) is 24.2. The number of aryl methyl sites for hydroxylation is 1. The van der Waals surface area contributed by atoms with Gasteiger partial charge >= 0.3 is 0 Å². The first kappa shape index (κ1) is 27.7. The quantitative estimate of drug-likeness (QED) is 0.427. The van der Waals surface area contributed by atoms with Crippen LogP contribution in [-0.4, -0.2) is 92.5 Å². The van der Waals surface area contributed by atoms with Crippen LogP contribution in [-0.2, 0) is 23.1 Å². The molecule has 0 spiro atoms. The summed E-state index contributed by atoms with van der Waals surface area (Å²) in [5, 5.41) is 0. The topological polar surface area (TPSA) is 82.6 Å². The lowest BCUT2D eigenvalue weighted by atomic mass is 10.1. The number of nitrogens with zero attached hydrogens (tertiary/aromatic N) is 4. The van der Waals surface area contributed by atoms with E-state index in [1.165, 1.54) is 5.56 Å². The lowest BCUT2D eigenvalue weighted by Gasteiger charge is -2.35. The van der Waals surface area contributed by atoms with Crippen LogP contribution in [0.3, 0.4) is 0 Å². The summed E-state index contributed by atoms with van der Waals surface area (Å²) in [6.07, 6.45) is 0. The average Bonchev–Trinajstić information content (AvgIpc) is 3.46. The van der Waals surface area contributed by atoms with Crippen LogP contribution in [0, 0.1) is 6.92 Å². The van der Waals surface area contributed by atoms with E-state index in [0.717, 1.165) is 48.8 Å². The molecule has 0 bridgehead atoms. The van der Waals surface area contributed by atoms with Gasteiger partial charge in [-0.2, -0.15) is 4.31 Å². The lowest BCUT2D eigenvalue weighted by molar-refractivity contribution is 0.0628. The van der Waals surface area contributed by atoms with Crippen molar-refractivity contribution in [3.8, 4) is 11.5 Å². The number of piperazine rings is 2. The van der Waals surface area contributed by atoms with Crippen molar-refractivity contribution in [2.24, 2.45) is 0 Å². The maximum atomic E-state index is 13.2. The van der Waals surface area contributed by atoms with Crippen molar-refractivity contribution < 1.29 is 22.7 Å². The highest BCUT2D eigenvalue weighted by Crippen LogP contribution is 2.33. The minimum Gasteiger partial charge on any atom is -0.454 e. The fourth-order valence-corrected chi connectivity index (χ4v) is 7.01. The highest BCUT2D eigenvalue weighted by atomic mass is 32.2. The van der Waals surface area contributed by atoms with Gasteiger partial charge in [0, 0.05) is 71.0 Å². The second-order valence-corrected chi connectivity index (χ2v) is 12.9. The lowest BCUT2D eigenvalue weighted by Crippen LogP contribution is -2.48. The van der Waals surface area contributed by atoms with Crippen LogP contribution in [0.4, 0.5) is 0 Å². The molecule has 3 aliphatic heterocycles. The predicted molar refractivity (Wildman–Crippen MR) is 155 cm³/mol. The maximum Gasteiger partial charge on any atom is 0.253 e. The molecular formula is C31H36N4O5S. The molecule has 0 aromatic heterocycles. The minimum atomic E-state index is -3.47. The largest absolute Gasteiger partial charge is 0.454 e. The van der Waals surface area contributed by atoms with Gasteiger partial charge in [0.1, 0.15) is 0 Å². The maximum absolute atomic E-state index is 13.2. The second-order valence-electron chi connectivity index (χ2n) is 10.9. The monoisotopic (exact) mass is 576 g/mol. The molecule has 0 radical (unpaired) electrons. The van der Waals surface area contributed by atoms with Crippen molar-refractivity contribution in [2.45, 2.75) is 24.9 Å². The van der Waals surface area contributed by atoms with Crippen molar-refractivity contribution in [1.82, 2.24) is 19.0 Å². The van der Waals surface area contributed by atoms with Gasteiger partial charge in [-0.3, -0.25) is 14.6 Å². The van der Waals surface area contributed by atoms with E-state index in [1.54, 1.807) is 16.4 Å². The average molecular weight is 577 g/mol. The van der Waals surface area contributed by atoms with Gasteiger partial charge in [0.05, 0.1) is 4.90 Å². The van der Waals surface area contributed by atoms with Gasteiger partial charge in [-0.05, 0) is 54.4 Å². The molecule has 3 aromatic rings. The molecule has 216 valence electrons. The molecule has 3 heterocycles. The zero-order chi connectivity index (χ0) is 28.4.